The Bertz CT molecular complexity index is 270. The number of nitrogens with zero attached hydrogens (tertiary/aromatic N) is 1. The van der Waals surface area contributed by atoms with Crippen LogP contribution >= 0.6 is 0 Å². The average Bonchev–Trinajstić information content (AvgIpc) is 2.63. The molecule has 0 amide bonds. The minimum Gasteiger partial charge on any atom is -0.310 e. The summed E-state index contributed by atoms with van der Waals surface area (Å²) in [6, 6.07) is 2.48. The maximum atomic E-state index is 12.0. The van der Waals surface area contributed by atoms with Crippen LogP contribution in [0.25, 0.3) is 0 Å². The fourth-order valence-electron chi connectivity index (χ4n) is 2.37. The molecule has 17 heavy (non-hydrogen) atoms. The Labute approximate surface area is 100 Å². The fraction of sp³-hybridized carbons (Fsp3) is 0.917. The van der Waals surface area contributed by atoms with E-state index in [1.54, 1.807) is 0 Å². The highest BCUT2D eigenvalue weighted by Crippen LogP contribution is 2.26. The molecular weight excluding hydrogens is 229 g/mol. The normalized spacial score (nSPS) is 26.8. The number of rotatable bonds is 5. The number of nitriles is 1. The predicted molar refractivity (Wildman–Crippen MR) is 59.2 cm³/mol. The minimum absolute atomic E-state index is 0.0278. The molecule has 5 heteroatoms. The number of halogens is 3. The summed E-state index contributed by atoms with van der Waals surface area (Å²) in [6.45, 7) is 1.89. The molecule has 1 fully saturated rings. The quantitative estimate of drug-likeness (QED) is 0.809. The molecular formula is C12H19F3N2. The van der Waals surface area contributed by atoms with Crippen molar-refractivity contribution in [3.8, 4) is 6.07 Å². The Morgan fingerprint density at radius 2 is 2.12 bits per heavy atom. The predicted octanol–water partition coefficient (Wildman–Crippen LogP) is 3.39. The summed E-state index contributed by atoms with van der Waals surface area (Å²) in [5.74, 6) is 0.0278. The van der Waals surface area contributed by atoms with Crippen LogP contribution in [-0.4, -0.2) is 18.3 Å². The molecule has 0 bridgehead atoms. The van der Waals surface area contributed by atoms with Crippen molar-refractivity contribution in [2.75, 3.05) is 0 Å². The number of nitrogens with one attached hydrogen (secondary N) is 1. The SMILES string of the molecule is CC(CCCC(F)(F)F)NC1CCCC1C#N. The molecule has 0 radical (unpaired) electrons. The van der Waals surface area contributed by atoms with Crippen LogP contribution in [0.5, 0.6) is 0 Å². The van der Waals surface area contributed by atoms with Crippen molar-refractivity contribution >= 4 is 0 Å². The average molecular weight is 248 g/mol. The van der Waals surface area contributed by atoms with Gasteiger partial charge >= 0.3 is 6.18 Å². The van der Waals surface area contributed by atoms with E-state index in [0.717, 1.165) is 19.3 Å². The Kier molecular flexibility index (Phi) is 5.26. The zero-order valence-electron chi connectivity index (χ0n) is 10.1. The van der Waals surface area contributed by atoms with E-state index in [9.17, 15) is 13.2 Å². The number of hydrogen-bond acceptors (Lipinski definition) is 2. The van der Waals surface area contributed by atoms with Crippen LogP contribution in [0, 0.1) is 17.2 Å². The van der Waals surface area contributed by atoms with Crippen molar-refractivity contribution in [1.29, 1.82) is 5.26 Å². The van der Waals surface area contributed by atoms with Gasteiger partial charge in [-0.25, -0.2) is 0 Å². The van der Waals surface area contributed by atoms with Crippen molar-refractivity contribution in [2.45, 2.75) is 63.7 Å². The number of alkyl halides is 3. The summed E-state index contributed by atoms with van der Waals surface area (Å²) in [5, 5.41) is 12.2. The molecule has 0 aromatic heterocycles. The van der Waals surface area contributed by atoms with Gasteiger partial charge in [0.1, 0.15) is 0 Å². The molecule has 0 saturated heterocycles. The summed E-state index contributed by atoms with van der Waals surface area (Å²) in [5.41, 5.74) is 0. The van der Waals surface area contributed by atoms with Gasteiger partial charge in [0, 0.05) is 18.5 Å². The highest BCUT2D eigenvalue weighted by molar-refractivity contribution is 4.97. The van der Waals surface area contributed by atoms with Crippen LogP contribution in [-0.2, 0) is 0 Å². The first-order chi connectivity index (χ1) is 7.92. The monoisotopic (exact) mass is 248 g/mol. The summed E-state index contributed by atoms with van der Waals surface area (Å²) >= 11 is 0. The minimum atomic E-state index is -4.05. The molecule has 0 aliphatic heterocycles. The molecule has 1 aliphatic rings. The van der Waals surface area contributed by atoms with Gasteiger partial charge in [-0.2, -0.15) is 18.4 Å². The van der Waals surface area contributed by atoms with Gasteiger partial charge in [0.2, 0.25) is 0 Å². The molecule has 2 nitrogen and oxygen atoms in total. The van der Waals surface area contributed by atoms with E-state index in [0.29, 0.717) is 6.42 Å². The first-order valence-corrected chi connectivity index (χ1v) is 6.15. The lowest BCUT2D eigenvalue weighted by molar-refractivity contribution is -0.135. The molecule has 0 aromatic carbocycles. The molecule has 0 spiro atoms. The number of hydrogen-bond donors (Lipinski definition) is 1. The van der Waals surface area contributed by atoms with Crippen LogP contribution < -0.4 is 5.32 Å². The topological polar surface area (TPSA) is 35.8 Å². The third-order valence-corrected chi connectivity index (χ3v) is 3.28. The van der Waals surface area contributed by atoms with E-state index in [2.05, 4.69) is 11.4 Å². The highest BCUT2D eigenvalue weighted by atomic mass is 19.4. The van der Waals surface area contributed by atoms with E-state index in [4.69, 9.17) is 5.26 Å². The van der Waals surface area contributed by atoms with Gasteiger partial charge in [0.15, 0.2) is 0 Å². The van der Waals surface area contributed by atoms with E-state index in [-0.39, 0.29) is 24.4 Å². The van der Waals surface area contributed by atoms with E-state index < -0.39 is 12.6 Å². The van der Waals surface area contributed by atoms with Crippen LogP contribution in [0.3, 0.4) is 0 Å². The molecule has 0 aromatic rings. The summed E-state index contributed by atoms with van der Waals surface area (Å²) in [6.07, 6.45) is -1.21. The second kappa shape index (κ2) is 6.25. The maximum Gasteiger partial charge on any atom is 0.389 e. The van der Waals surface area contributed by atoms with Gasteiger partial charge in [0.05, 0.1) is 12.0 Å². The lowest BCUT2D eigenvalue weighted by Crippen LogP contribution is -2.38. The standard InChI is InChI=1S/C12H19F3N2/c1-9(4-3-7-12(13,14)15)17-11-6-2-5-10(11)8-16/h9-11,17H,2-7H2,1H3. The van der Waals surface area contributed by atoms with Crippen LogP contribution in [0.15, 0.2) is 0 Å². The zero-order valence-corrected chi connectivity index (χ0v) is 10.1. The van der Waals surface area contributed by atoms with Crippen LogP contribution in [0.1, 0.15) is 45.4 Å². The van der Waals surface area contributed by atoms with Gasteiger partial charge in [-0.05, 0) is 32.6 Å². The molecule has 1 saturated carbocycles. The van der Waals surface area contributed by atoms with Crippen molar-refractivity contribution in [2.24, 2.45) is 5.92 Å². The summed E-state index contributed by atoms with van der Waals surface area (Å²) in [7, 11) is 0. The first kappa shape index (κ1) is 14.3. The second-order valence-corrected chi connectivity index (χ2v) is 4.85. The van der Waals surface area contributed by atoms with Gasteiger partial charge in [-0.15, -0.1) is 0 Å². The van der Waals surface area contributed by atoms with Crippen LogP contribution in [0.4, 0.5) is 13.2 Å². The van der Waals surface area contributed by atoms with Crippen molar-refractivity contribution in [3.63, 3.8) is 0 Å². The second-order valence-electron chi connectivity index (χ2n) is 4.85. The van der Waals surface area contributed by atoms with E-state index in [1.807, 2.05) is 6.92 Å². The van der Waals surface area contributed by atoms with Crippen molar-refractivity contribution in [1.82, 2.24) is 5.32 Å². The van der Waals surface area contributed by atoms with E-state index >= 15 is 0 Å². The third-order valence-electron chi connectivity index (χ3n) is 3.28. The first-order valence-electron chi connectivity index (χ1n) is 6.15. The largest absolute Gasteiger partial charge is 0.389 e. The molecule has 3 atom stereocenters. The highest BCUT2D eigenvalue weighted by Gasteiger charge is 2.29. The van der Waals surface area contributed by atoms with Crippen LogP contribution in [0.2, 0.25) is 0 Å². The molecule has 0 heterocycles. The lowest BCUT2D eigenvalue weighted by atomic mass is 10.0. The molecule has 3 unspecified atom stereocenters. The zero-order chi connectivity index (χ0) is 12.9. The molecule has 1 aliphatic carbocycles. The van der Waals surface area contributed by atoms with Gasteiger partial charge in [-0.1, -0.05) is 6.42 Å². The third kappa shape index (κ3) is 5.40. The fourth-order valence-corrected chi connectivity index (χ4v) is 2.37. The summed E-state index contributed by atoms with van der Waals surface area (Å²) in [4.78, 5) is 0. The Balaban J connectivity index is 2.21. The van der Waals surface area contributed by atoms with Gasteiger partial charge in [0.25, 0.3) is 0 Å². The van der Waals surface area contributed by atoms with E-state index in [1.165, 1.54) is 0 Å². The van der Waals surface area contributed by atoms with Gasteiger partial charge < -0.3 is 5.32 Å². The maximum absolute atomic E-state index is 12.0. The van der Waals surface area contributed by atoms with Crippen molar-refractivity contribution < 1.29 is 13.2 Å². The Morgan fingerprint density at radius 1 is 1.41 bits per heavy atom. The lowest BCUT2D eigenvalue weighted by Gasteiger charge is -2.21. The Morgan fingerprint density at radius 3 is 2.71 bits per heavy atom. The molecule has 1 rings (SSSR count). The summed E-state index contributed by atoms with van der Waals surface area (Å²) < 4.78 is 35.9. The Hall–Kier alpha value is -0.760. The van der Waals surface area contributed by atoms with Gasteiger partial charge in [-0.3, -0.25) is 0 Å². The smallest absolute Gasteiger partial charge is 0.310 e. The molecule has 98 valence electrons. The van der Waals surface area contributed by atoms with Crippen molar-refractivity contribution in [3.05, 3.63) is 0 Å². The molecule has 1 N–H and O–H groups in total.